The zero-order valence-electron chi connectivity index (χ0n) is 19.2. The molecule has 2 amide bonds. The molecule has 0 unspecified atom stereocenters. The number of nitrogens with two attached hydrogens (primary N) is 1. The van der Waals surface area contributed by atoms with Gasteiger partial charge in [0.2, 0.25) is 5.91 Å². The second-order valence-corrected chi connectivity index (χ2v) is 9.45. The molecule has 0 atom stereocenters. The number of halogens is 3. The van der Waals surface area contributed by atoms with Crippen molar-refractivity contribution in [2.45, 2.75) is 13.5 Å². The third-order valence-electron chi connectivity index (χ3n) is 5.85. The molecule has 0 bridgehead atoms. The van der Waals surface area contributed by atoms with Gasteiger partial charge in [-0.05, 0) is 48.4 Å². The molecule has 37 heavy (non-hydrogen) atoms. The first-order chi connectivity index (χ1) is 17.7. The van der Waals surface area contributed by atoms with Crippen LogP contribution in [0.25, 0.3) is 22.0 Å². The van der Waals surface area contributed by atoms with Crippen molar-refractivity contribution < 1.29 is 9.59 Å². The van der Waals surface area contributed by atoms with E-state index in [4.69, 9.17) is 40.5 Å². The predicted octanol–water partition coefficient (Wildman–Crippen LogP) is 5.49. The van der Waals surface area contributed by atoms with Crippen LogP contribution in [0.3, 0.4) is 0 Å². The molecule has 0 spiro atoms. The third kappa shape index (κ3) is 4.64. The molecule has 4 N–H and O–H groups in total. The van der Waals surface area contributed by atoms with Gasteiger partial charge in [-0.15, -0.1) is 0 Å². The van der Waals surface area contributed by atoms with Crippen molar-refractivity contribution in [2.75, 3.05) is 5.32 Å². The molecule has 5 aromatic rings. The lowest BCUT2D eigenvalue weighted by molar-refractivity contribution is 0.0997. The number of hydrogen-bond acceptors (Lipinski definition) is 5. The number of nitrogens with one attached hydrogen (secondary N) is 2. The number of aromatic amines is 1. The highest BCUT2D eigenvalue weighted by atomic mass is 35.5. The molecule has 0 aliphatic rings. The van der Waals surface area contributed by atoms with E-state index in [1.54, 1.807) is 36.1 Å². The second-order valence-electron chi connectivity index (χ2n) is 8.23. The van der Waals surface area contributed by atoms with Gasteiger partial charge in [-0.2, -0.15) is 10.2 Å². The number of hydrogen-bond donors (Lipinski definition) is 3. The van der Waals surface area contributed by atoms with E-state index in [1.165, 1.54) is 18.3 Å². The smallest absolute Gasteiger partial charge is 0.274 e. The number of rotatable bonds is 6. The highest BCUT2D eigenvalue weighted by molar-refractivity contribution is 6.37. The van der Waals surface area contributed by atoms with Crippen LogP contribution in [0.15, 0.2) is 55.0 Å². The van der Waals surface area contributed by atoms with Crippen LogP contribution in [-0.4, -0.2) is 36.8 Å². The summed E-state index contributed by atoms with van der Waals surface area (Å²) >= 11 is 19.5. The molecule has 0 fully saturated rings. The summed E-state index contributed by atoms with van der Waals surface area (Å²) < 4.78 is 1.75. The first-order valence-electron chi connectivity index (χ1n) is 10.9. The first kappa shape index (κ1) is 24.8. The minimum atomic E-state index is -0.682. The summed E-state index contributed by atoms with van der Waals surface area (Å²) in [5.74, 6) is -1.07. The number of nitrogens with zero attached hydrogens (tertiary/aromatic N) is 4. The quantitative estimate of drug-likeness (QED) is 0.255. The standard InChI is InChI=1S/C25H18Cl3N7O2/c1-12-7-14(26)8-15(23(29)36)20(12)21-13(11-35-19-4-2-3-17(27)16(19)10-32-35)9-30-24(22(21)28)33-25(37)18-5-6-31-34-18/h2-10H,11H2,1H3,(H2,29,36)(H,31,34)(H,30,33,37). The van der Waals surface area contributed by atoms with Gasteiger partial charge in [0.1, 0.15) is 5.69 Å². The number of aryl methyl sites for hydroxylation is 1. The van der Waals surface area contributed by atoms with Crippen LogP contribution in [0.4, 0.5) is 5.82 Å². The Labute approximate surface area is 225 Å². The lowest BCUT2D eigenvalue weighted by atomic mass is 9.92. The van der Waals surface area contributed by atoms with E-state index in [-0.39, 0.29) is 28.6 Å². The van der Waals surface area contributed by atoms with Crippen molar-refractivity contribution in [1.82, 2.24) is 25.0 Å². The van der Waals surface area contributed by atoms with E-state index in [2.05, 4.69) is 25.6 Å². The number of primary amides is 1. The normalized spacial score (nSPS) is 11.1. The summed E-state index contributed by atoms with van der Waals surface area (Å²) in [7, 11) is 0. The summed E-state index contributed by atoms with van der Waals surface area (Å²) in [5.41, 5.74) is 9.17. The van der Waals surface area contributed by atoms with Gasteiger partial charge in [0.05, 0.1) is 28.3 Å². The molecule has 186 valence electrons. The third-order valence-corrected chi connectivity index (χ3v) is 6.76. The van der Waals surface area contributed by atoms with Crippen molar-refractivity contribution in [3.8, 4) is 11.1 Å². The second kappa shape index (κ2) is 9.85. The molecular formula is C25H18Cl3N7O2. The van der Waals surface area contributed by atoms with Gasteiger partial charge in [-0.1, -0.05) is 40.9 Å². The summed E-state index contributed by atoms with van der Waals surface area (Å²) in [6.07, 6.45) is 4.70. The van der Waals surface area contributed by atoms with Crippen molar-refractivity contribution in [2.24, 2.45) is 5.73 Å². The maximum atomic E-state index is 12.7. The number of amides is 2. The van der Waals surface area contributed by atoms with Gasteiger partial charge in [0.15, 0.2) is 5.82 Å². The fraction of sp³-hybridized carbons (Fsp3) is 0.0800. The number of aromatic nitrogens is 5. The Morgan fingerprint density at radius 2 is 1.92 bits per heavy atom. The van der Waals surface area contributed by atoms with Gasteiger partial charge in [0.25, 0.3) is 5.91 Å². The number of fused-ring (bicyclic) bond motifs is 1. The Balaban J connectivity index is 1.70. The van der Waals surface area contributed by atoms with E-state index >= 15 is 0 Å². The Bertz CT molecular complexity index is 1680. The van der Waals surface area contributed by atoms with Crippen LogP contribution in [0.1, 0.15) is 32.0 Å². The number of carbonyl (C=O) groups excluding carboxylic acids is 2. The van der Waals surface area contributed by atoms with Crippen LogP contribution in [0.5, 0.6) is 0 Å². The number of anilines is 1. The Morgan fingerprint density at radius 1 is 1.11 bits per heavy atom. The fourth-order valence-corrected chi connectivity index (χ4v) is 4.99. The van der Waals surface area contributed by atoms with Gasteiger partial charge in [-0.3, -0.25) is 19.4 Å². The van der Waals surface area contributed by atoms with Crippen molar-refractivity contribution in [3.05, 3.63) is 92.4 Å². The first-order valence-corrected chi connectivity index (χ1v) is 12.1. The Morgan fingerprint density at radius 3 is 2.65 bits per heavy atom. The predicted molar refractivity (Wildman–Crippen MR) is 143 cm³/mol. The molecule has 0 aliphatic carbocycles. The van der Waals surface area contributed by atoms with Gasteiger partial charge in [0, 0.05) is 39.5 Å². The molecule has 3 heterocycles. The number of H-pyrrole nitrogens is 1. The molecular weight excluding hydrogens is 537 g/mol. The largest absolute Gasteiger partial charge is 0.366 e. The van der Waals surface area contributed by atoms with E-state index in [9.17, 15) is 9.59 Å². The van der Waals surface area contributed by atoms with E-state index in [0.29, 0.717) is 32.3 Å². The van der Waals surface area contributed by atoms with Crippen molar-refractivity contribution in [1.29, 1.82) is 0 Å². The van der Waals surface area contributed by atoms with Gasteiger partial charge in [-0.25, -0.2) is 4.98 Å². The Hall–Kier alpha value is -3.92. The molecule has 0 aliphatic heterocycles. The zero-order chi connectivity index (χ0) is 26.3. The molecule has 0 saturated carbocycles. The summed E-state index contributed by atoms with van der Waals surface area (Å²) in [4.78, 5) is 29.6. The van der Waals surface area contributed by atoms with Crippen LogP contribution in [0, 0.1) is 6.92 Å². The zero-order valence-corrected chi connectivity index (χ0v) is 21.5. The fourth-order valence-electron chi connectivity index (χ4n) is 4.18. The lowest BCUT2D eigenvalue weighted by Crippen LogP contribution is -2.17. The average molecular weight is 555 g/mol. The molecule has 9 nitrogen and oxygen atoms in total. The van der Waals surface area contributed by atoms with E-state index < -0.39 is 11.8 Å². The summed E-state index contributed by atoms with van der Waals surface area (Å²) in [5, 5.41) is 15.4. The van der Waals surface area contributed by atoms with Crippen LogP contribution >= 0.6 is 34.8 Å². The number of pyridine rings is 1. The number of carbonyl (C=O) groups is 2. The van der Waals surface area contributed by atoms with Crippen LogP contribution in [-0.2, 0) is 6.54 Å². The highest BCUT2D eigenvalue weighted by Gasteiger charge is 2.24. The van der Waals surface area contributed by atoms with Gasteiger partial charge < -0.3 is 11.1 Å². The molecule has 2 aromatic carbocycles. The minimum absolute atomic E-state index is 0.0955. The molecule has 12 heteroatoms. The van der Waals surface area contributed by atoms with Crippen LogP contribution in [0.2, 0.25) is 15.1 Å². The maximum absolute atomic E-state index is 12.7. The number of benzene rings is 2. The summed E-state index contributed by atoms with van der Waals surface area (Å²) in [6.45, 7) is 2.03. The van der Waals surface area contributed by atoms with Gasteiger partial charge >= 0.3 is 0 Å². The van der Waals surface area contributed by atoms with Crippen molar-refractivity contribution in [3.63, 3.8) is 0 Å². The lowest BCUT2D eigenvalue weighted by Gasteiger charge is -2.19. The molecule has 0 radical (unpaired) electrons. The molecule has 3 aromatic heterocycles. The highest BCUT2D eigenvalue weighted by Crippen LogP contribution is 2.41. The SMILES string of the molecule is Cc1cc(Cl)cc(C(N)=O)c1-c1c(Cn2ncc3c(Cl)cccc32)cnc(NC(=O)c2ccn[nH]2)c1Cl. The molecule has 5 rings (SSSR count). The maximum Gasteiger partial charge on any atom is 0.274 e. The minimum Gasteiger partial charge on any atom is -0.366 e. The molecule has 0 saturated heterocycles. The van der Waals surface area contributed by atoms with E-state index in [1.807, 2.05) is 12.1 Å². The van der Waals surface area contributed by atoms with Crippen molar-refractivity contribution >= 4 is 63.3 Å². The Kier molecular flexibility index (Phi) is 6.59. The monoisotopic (exact) mass is 553 g/mol. The average Bonchev–Trinajstić information content (AvgIpc) is 3.53. The summed E-state index contributed by atoms with van der Waals surface area (Å²) in [6, 6.07) is 10.2. The van der Waals surface area contributed by atoms with Crippen LogP contribution < -0.4 is 11.1 Å². The topological polar surface area (TPSA) is 132 Å². The van der Waals surface area contributed by atoms with E-state index in [0.717, 1.165) is 10.9 Å².